The second-order valence-corrected chi connectivity index (χ2v) is 4.80. The molecular formula is C13H13N3O2S. The number of hydrogen-bond donors (Lipinski definition) is 2. The van der Waals surface area contributed by atoms with Crippen LogP contribution in [0.25, 0.3) is 21.9 Å². The van der Waals surface area contributed by atoms with E-state index in [9.17, 15) is 4.79 Å². The number of hydrogen-bond acceptors (Lipinski definition) is 3. The Morgan fingerprint density at radius 1 is 1.37 bits per heavy atom. The van der Waals surface area contributed by atoms with Gasteiger partial charge in [0, 0.05) is 19.0 Å². The Hall–Kier alpha value is -1.92. The lowest BCUT2D eigenvalue weighted by molar-refractivity contribution is 0.277. The molecule has 0 amide bonds. The van der Waals surface area contributed by atoms with Crippen molar-refractivity contribution in [3.8, 4) is 0 Å². The fourth-order valence-electron chi connectivity index (χ4n) is 2.45. The molecule has 0 aliphatic heterocycles. The second kappa shape index (κ2) is 4.32. The third kappa shape index (κ3) is 1.64. The van der Waals surface area contributed by atoms with E-state index in [1.807, 2.05) is 24.3 Å². The van der Waals surface area contributed by atoms with Crippen LogP contribution in [0.15, 0.2) is 29.1 Å². The molecule has 0 bridgehead atoms. The maximum atomic E-state index is 12.4. The van der Waals surface area contributed by atoms with Gasteiger partial charge in [-0.2, -0.15) is 0 Å². The zero-order valence-electron chi connectivity index (χ0n) is 10.4. The van der Waals surface area contributed by atoms with Crippen LogP contribution in [0.2, 0.25) is 0 Å². The Morgan fingerprint density at radius 2 is 2.11 bits per heavy atom. The number of benzene rings is 1. The molecule has 0 spiro atoms. The summed E-state index contributed by atoms with van der Waals surface area (Å²) in [5.74, 6) is 0. The van der Waals surface area contributed by atoms with Crippen molar-refractivity contribution in [2.75, 3.05) is 6.61 Å². The van der Waals surface area contributed by atoms with Gasteiger partial charge in [-0.3, -0.25) is 4.79 Å². The lowest BCUT2D eigenvalue weighted by Crippen LogP contribution is -2.20. The number of aryl methyl sites for hydroxylation is 1. The third-order valence-electron chi connectivity index (χ3n) is 3.35. The highest BCUT2D eigenvalue weighted by atomic mass is 32.1. The SMILES string of the molecule is Cn1c(=O)c2c([nH]c(=S)n2CCO)c2ccccc21. The third-order valence-corrected chi connectivity index (χ3v) is 3.67. The summed E-state index contributed by atoms with van der Waals surface area (Å²) in [6, 6.07) is 7.67. The number of pyridine rings is 1. The van der Waals surface area contributed by atoms with E-state index in [1.165, 1.54) is 0 Å². The number of fused-ring (bicyclic) bond motifs is 3. The maximum Gasteiger partial charge on any atom is 0.276 e. The Balaban J connectivity index is 2.62. The molecule has 0 radical (unpaired) electrons. The van der Waals surface area contributed by atoms with Gasteiger partial charge in [-0.15, -0.1) is 0 Å². The number of rotatable bonds is 2. The van der Waals surface area contributed by atoms with E-state index in [-0.39, 0.29) is 12.2 Å². The van der Waals surface area contributed by atoms with E-state index in [0.717, 1.165) is 16.4 Å². The number of nitrogens with zero attached hydrogens (tertiary/aromatic N) is 2. The number of aliphatic hydroxyl groups is 1. The van der Waals surface area contributed by atoms with Gasteiger partial charge in [-0.25, -0.2) is 0 Å². The predicted octanol–water partition coefficient (Wildman–Crippen LogP) is 1.54. The summed E-state index contributed by atoms with van der Waals surface area (Å²) in [7, 11) is 1.74. The van der Waals surface area contributed by atoms with Crippen LogP contribution in [0.5, 0.6) is 0 Å². The molecule has 0 saturated carbocycles. The number of nitrogens with one attached hydrogen (secondary N) is 1. The van der Waals surface area contributed by atoms with Crippen LogP contribution in [0.1, 0.15) is 0 Å². The molecule has 1 aromatic carbocycles. The molecule has 2 aromatic heterocycles. The summed E-state index contributed by atoms with van der Waals surface area (Å²) in [5.41, 5.74) is 1.99. The molecule has 3 rings (SSSR count). The zero-order valence-corrected chi connectivity index (χ0v) is 11.2. The van der Waals surface area contributed by atoms with Gasteiger partial charge in [0.05, 0.1) is 17.6 Å². The van der Waals surface area contributed by atoms with Crippen LogP contribution in [0, 0.1) is 4.77 Å². The highest BCUT2D eigenvalue weighted by Gasteiger charge is 2.13. The highest BCUT2D eigenvalue weighted by molar-refractivity contribution is 7.71. The van der Waals surface area contributed by atoms with Crippen molar-refractivity contribution in [1.82, 2.24) is 14.1 Å². The molecule has 19 heavy (non-hydrogen) atoms. The van der Waals surface area contributed by atoms with Crippen LogP contribution < -0.4 is 5.56 Å². The van der Waals surface area contributed by atoms with Crippen molar-refractivity contribution in [3.63, 3.8) is 0 Å². The Labute approximate surface area is 113 Å². The van der Waals surface area contributed by atoms with Crippen LogP contribution in [-0.2, 0) is 13.6 Å². The molecule has 3 aromatic rings. The summed E-state index contributed by atoms with van der Waals surface area (Å²) in [5, 5.41) is 10.1. The van der Waals surface area contributed by atoms with E-state index >= 15 is 0 Å². The summed E-state index contributed by atoms with van der Waals surface area (Å²) in [4.78, 5) is 15.5. The van der Waals surface area contributed by atoms with Crippen molar-refractivity contribution < 1.29 is 5.11 Å². The molecule has 0 fully saturated rings. The smallest absolute Gasteiger partial charge is 0.276 e. The van der Waals surface area contributed by atoms with Gasteiger partial charge in [0.15, 0.2) is 4.77 Å². The molecule has 0 unspecified atom stereocenters. The Morgan fingerprint density at radius 3 is 2.84 bits per heavy atom. The zero-order chi connectivity index (χ0) is 13.6. The Kier molecular flexibility index (Phi) is 2.76. The number of aromatic nitrogens is 3. The first-order valence-corrected chi connectivity index (χ1v) is 6.37. The molecule has 0 atom stereocenters. The average Bonchev–Trinajstić information content (AvgIpc) is 2.74. The van der Waals surface area contributed by atoms with Gasteiger partial charge in [0.2, 0.25) is 0 Å². The summed E-state index contributed by atoms with van der Waals surface area (Å²) in [6.07, 6.45) is 0. The standard InChI is InChI=1S/C13H13N3O2S/c1-15-9-5-3-2-4-8(9)10-11(12(15)18)16(6-7-17)13(19)14-10/h2-5,17H,6-7H2,1H3,(H,14,19). The van der Waals surface area contributed by atoms with Crippen molar-refractivity contribution in [2.45, 2.75) is 6.54 Å². The van der Waals surface area contributed by atoms with Gasteiger partial charge in [-0.1, -0.05) is 18.2 Å². The van der Waals surface area contributed by atoms with E-state index in [4.69, 9.17) is 17.3 Å². The van der Waals surface area contributed by atoms with Crippen LogP contribution in [0.4, 0.5) is 0 Å². The molecule has 6 heteroatoms. The van der Waals surface area contributed by atoms with Crippen LogP contribution in [-0.4, -0.2) is 25.8 Å². The summed E-state index contributed by atoms with van der Waals surface area (Å²) in [6.45, 7) is 0.254. The summed E-state index contributed by atoms with van der Waals surface area (Å²) < 4.78 is 3.71. The number of H-pyrrole nitrogens is 1. The minimum atomic E-state index is -0.116. The van der Waals surface area contributed by atoms with Crippen molar-refractivity contribution in [3.05, 3.63) is 39.4 Å². The van der Waals surface area contributed by atoms with Crippen molar-refractivity contribution >= 4 is 34.2 Å². The maximum absolute atomic E-state index is 12.4. The first kappa shape index (κ1) is 12.1. The van der Waals surface area contributed by atoms with E-state index in [0.29, 0.717) is 16.8 Å². The van der Waals surface area contributed by atoms with Crippen molar-refractivity contribution in [2.24, 2.45) is 7.05 Å². The van der Waals surface area contributed by atoms with Gasteiger partial charge in [0.25, 0.3) is 5.56 Å². The fourth-order valence-corrected chi connectivity index (χ4v) is 2.73. The topological polar surface area (TPSA) is 63.0 Å². The van der Waals surface area contributed by atoms with Crippen LogP contribution in [0.3, 0.4) is 0 Å². The Bertz CT molecular complexity index is 888. The molecular weight excluding hydrogens is 262 g/mol. The lowest BCUT2D eigenvalue weighted by atomic mass is 10.2. The number of para-hydroxylation sites is 1. The number of aliphatic hydroxyl groups excluding tert-OH is 1. The molecule has 5 nitrogen and oxygen atoms in total. The highest BCUT2D eigenvalue weighted by Crippen LogP contribution is 2.21. The van der Waals surface area contributed by atoms with Gasteiger partial charge < -0.3 is 19.2 Å². The normalized spacial score (nSPS) is 11.5. The van der Waals surface area contributed by atoms with Gasteiger partial charge in [0.1, 0.15) is 5.52 Å². The van der Waals surface area contributed by atoms with E-state index in [2.05, 4.69) is 4.98 Å². The summed E-state index contributed by atoms with van der Waals surface area (Å²) >= 11 is 5.23. The first-order valence-electron chi connectivity index (χ1n) is 5.96. The number of aromatic amines is 1. The fraction of sp³-hybridized carbons (Fsp3) is 0.231. The lowest BCUT2D eigenvalue weighted by Gasteiger charge is -2.07. The average molecular weight is 275 g/mol. The molecule has 2 N–H and O–H groups in total. The molecule has 2 heterocycles. The molecule has 0 saturated heterocycles. The predicted molar refractivity (Wildman–Crippen MR) is 77.0 cm³/mol. The molecule has 98 valence electrons. The number of imidazole rings is 1. The van der Waals surface area contributed by atoms with Crippen molar-refractivity contribution in [1.29, 1.82) is 0 Å². The molecule has 0 aliphatic carbocycles. The second-order valence-electron chi connectivity index (χ2n) is 4.41. The van der Waals surface area contributed by atoms with Gasteiger partial charge >= 0.3 is 0 Å². The minimum Gasteiger partial charge on any atom is -0.395 e. The van der Waals surface area contributed by atoms with Gasteiger partial charge in [-0.05, 0) is 18.3 Å². The minimum absolute atomic E-state index is 0.0583. The monoisotopic (exact) mass is 275 g/mol. The quantitative estimate of drug-likeness (QED) is 0.697. The first-order chi connectivity index (χ1) is 9.15. The largest absolute Gasteiger partial charge is 0.395 e. The molecule has 0 aliphatic rings. The van der Waals surface area contributed by atoms with E-state index in [1.54, 1.807) is 16.2 Å². The van der Waals surface area contributed by atoms with E-state index < -0.39 is 0 Å². The van der Waals surface area contributed by atoms with Crippen LogP contribution >= 0.6 is 12.2 Å².